The molecule has 2 aliphatic heterocycles. The Morgan fingerprint density at radius 2 is 1.67 bits per heavy atom. The summed E-state index contributed by atoms with van der Waals surface area (Å²) in [6, 6.07) is 6.07. The summed E-state index contributed by atoms with van der Waals surface area (Å²) in [5.74, 6) is -1.20. The van der Waals surface area contributed by atoms with Crippen LogP contribution in [-0.2, 0) is 25.3 Å². The number of carbonyl (C=O) groups is 2. The zero-order chi connectivity index (χ0) is 17.9. The molecule has 2 unspecified atom stereocenters. The van der Waals surface area contributed by atoms with Crippen LogP contribution >= 0.6 is 0 Å². The van der Waals surface area contributed by atoms with Crippen LogP contribution in [0.15, 0.2) is 23.4 Å². The van der Waals surface area contributed by atoms with Gasteiger partial charge in [0, 0.05) is 0 Å². The molecule has 0 N–H and O–H groups in total. The van der Waals surface area contributed by atoms with Crippen LogP contribution in [0.5, 0.6) is 0 Å². The summed E-state index contributed by atoms with van der Waals surface area (Å²) in [5.41, 5.74) is 2.44. The van der Waals surface area contributed by atoms with Crippen molar-refractivity contribution in [2.75, 3.05) is 4.90 Å². The normalized spacial score (nSPS) is 23.7. The first kappa shape index (κ1) is 16.7. The lowest BCUT2D eigenvalue weighted by atomic mass is 9.81. The highest BCUT2D eigenvalue weighted by atomic mass is 16.6. The molecule has 0 radical (unpaired) electrons. The number of oxime groups is 1. The van der Waals surface area contributed by atoms with Gasteiger partial charge in [0.25, 0.3) is 5.91 Å². The van der Waals surface area contributed by atoms with Gasteiger partial charge in [-0.05, 0) is 28.0 Å². The van der Waals surface area contributed by atoms with Gasteiger partial charge in [0.15, 0.2) is 0 Å². The number of amides is 2. The molecule has 0 spiro atoms. The number of rotatable bonds is 1. The first-order valence-electron chi connectivity index (χ1n) is 8.24. The molecule has 128 valence electrons. The molecule has 1 fully saturated rings. The molecule has 2 atom stereocenters. The van der Waals surface area contributed by atoms with Gasteiger partial charge in [-0.2, -0.15) is 0 Å². The van der Waals surface area contributed by atoms with E-state index in [-0.39, 0.29) is 22.6 Å². The highest BCUT2D eigenvalue weighted by Crippen LogP contribution is 2.39. The van der Waals surface area contributed by atoms with Crippen LogP contribution in [0.2, 0.25) is 0 Å². The van der Waals surface area contributed by atoms with E-state index in [1.165, 1.54) is 11.1 Å². The Labute approximate surface area is 142 Å². The smallest absolute Gasteiger partial charge is 0.278 e. The van der Waals surface area contributed by atoms with E-state index in [0.29, 0.717) is 5.69 Å². The van der Waals surface area contributed by atoms with E-state index in [0.717, 1.165) is 11.1 Å². The standard InChI is InChI=1S/C19H24N2O3/c1-18(2,3)11-7-8-13(19(4,5)6)14(9-11)21-16(22)12-10-20-24-15(12)17(21)23/h7-10,12,15H,1-6H3. The van der Waals surface area contributed by atoms with E-state index < -0.39 is 12.0 Å². The number of fused-ring (bicyclic) bond motifs is 1. The second-order valence-corrected chi connectivity index (χ2v) is 8.55. The van der Waals surface area contributed by atoms with Crippen molar-refractivity contribution in [3.05, 3.63) is 29.3 Å². The minimum atomic E-state index is -0.816. The zero-order valence-corrected chi connectivity index (χ0v) is 15.1. The monoisotopic (exact) mass is 328 g/mol. The molecular formula is C19H24N2O3. The highest BCUT2D eigenvalue weighted by molar-refractivity contribution is 6.27. The Kier molecular flexibility index (Phi) is 3.59. The van der Waals surface area contributed by atoms with Crippen molar-refractivity contribution < 1.29 is 14.4 Å². The number of hydrogen-bond donors (Lipinski definition) is 0. The van der Waals surface area contributed by atoms with Crippen LogP contribution in [0.3, 0.4) is 0 Å². The van der Waals surface area contributed by atoms with E-state index in [1.54, 1.807) is 0 Å². The molecule has 5 nitrogen and oxygen atoms in total. The van der Waals surface area contributed by atoms with Gasteiger partial charge in [0.1, 0.15) is 5.92 Å². The molecule has 2 heterocycles. The van der Waals surface area contributed by atoms with Crippen LogP contribution in [0.1, 0.15) is 52.7 Å². The largest absolute Gasteiger partial charge is 0.381 e. The van der Waals surface area contributed by atoms with Gasteiger partial charge < -0.3 is 4.84 Å². The quantitative estimate of drug-likeness (QED) is 0.744. The number of imide groups is 1. The highest BCUT2D eigenvalue weighted by Gasteiger charge is 2.53. The van der Waals surface area contributed by atoms with Crippen molar-refractivity contribution >= 4 is 23.7 Å². The third kappa shape index (κ3) is 2.52. The van der Waals surface area contributed by atoms with E-state index in [4.69, 9.17) is 4.84 Å². The van der Waals surface area contributed by atoms with Crippen LogP contribution in [0.4, 0.5) is 5.69 Å². The van der Waals surface area contributed by atoms with Crippen LogP contribution in [0.25, 0.3) is 0 Å². The lowest BCUT2D eigenvalue weighted by Crippen LogP contribution is -2.35. The van der Waals surface area contributed by atoms with Crippen LogP contribution in [-0.4, -0.2) is 24.1 Å². The number of carbonyl (C=O) groups excluding carboxylic acids is 2. The van der Waals surface area contributed by atoms with Gasteiger partial charge in [-0.15, -0.1) is 0 Å². The molecule has 1 aromatic rings. The number of anilines is 1. The predicted octanol–water partition coefficient (Wildman–Crippen LogP) is 3.16. The topological polar surface area (TPSA) is 59.0 Å². The first-order chi connectivity index (χ1) is 11.0. The fourth-order valence-corrected chi connectivity index (χ4v) is 3.14. The molecule has 0 bridgehead atoms. The molecule has 2 aliphatic rings. The molecule has 1 aromatic carbocycles. The van der Waals surface area contributed by atoms with E-state index >= 15 is 0 Å². The number of nitrogens with zero attached hydrogens (tertiary/aromatic N) is 2. The van der Waals surface area contributed by atoms with Gasteiger partial charge in [0.2, 0.25) is 12.0 Å². The Morgan fingerprint density at radius 1 is 1.00 bits per heavy atom. The van der Waals surface area contributed by atoms with Gasteiger partial charge in [-0.25, -0.2) is 4.90 Å². The van der Waals surface area contributed by atoms with Gasteiger partial charge in [-0.1, -0.05) is 58.8 Å². The Hall–Kier alpha value is -2.17. The summed E-state index contributed by atoms with van der Waals surface area (Å²) in [7, 11) is 0. The van der Waals surface area contributed by atoms with E-state index in [9.17, 15) is 9.59 Å². The summed E-state index contributed by atoms with van der Waals surface area (Å²) < 4.78 is 0. The maximum absolute atomic E-state index is 12.8. The minimum Gasteiger partial charge on any atom is -0.381 e. The van der Waals surface area contributed by atoms with Crippen molar-refractivity contribution in [3.63, 3.8) is 0 Å². The minimum absolute atomic E-state index is 0.0786. The molecule has 0 aromatic heterocycles. The summed E-state index contributed by atoms with van der Waals surface area (Å²) >= 11 is 0. The van der Waals surface area contributed by atoms with Crippen LogP contribution in [0, 0.1) is 5.92 Å². The number of hydrogen-bond acceptors (Lipinski definition) is 4. The third-order valence-corrected chi connectivity index (χ3v) is 4.60. The lowest BCUT2D eigenvalue weighted by Gasteiger charge is -2.29. The molecular weight excluding hydrogens is 304 g/mol. The van der Waals surface area contributed by atoms with Crippen molar-refractivity contribution in [1.82, 2.24) is 0 Å². The molecule has 1 saturated heterocycles. The Balaban J connectivity index is 2.16. The SMILES string of the molecule is CC(C)(C)c1ccc(C(C)(C)C)c(N2C(=O)C3C=NOC3C2=O)c1. The Morgan fingerprint density at radius 3 is 2.21 bits per heavy atom. The van der Waals surface area contributed by atoms with Crippen LogP contribution < -0.4 is 4.90 Å². The zero-order valence-electron chi connectivity index (χ0n) is 15.1. The molecule has 0 aliphatic carbocycles. The summed E-state index contributed by atoms with van der Waals surface area (Å²) in [4.78, 5) is 31.9. The summed E-state index contributed by atoms with van der Waals surface area (Å²) in [5, 5.41) is 3.63. The molecule has 5 heteroatoms. The lowest BCUT2D eigenvalue weighted by molar-refractivity contribution is -0.126. The predicted molar refractivity (Wildman–Crippen MR) is 93.2 cm³/mol. The van der Waals surface area contributed by atoms with Crippen molar-refractivity contribution in [2.45, 2.75) is 58.5 Å². The van der Waals surface area contributed by atoms with E-state index in [2.05, 4.69) is 52.8 Å². The second kappa shape index (κ2) is 5.16. The van der Waals surface area contributed by atoms with E-state index in [1.807, 2.05) is 12.1 Å². The molecule has 3 rings (SSSR count). The maximum atomic E-state index is 12.8. The average molecular weight is 328 g/mol. The average Bonchev–Trinajstić information content (AvgIpc) is 3.01. The molecule has 24 heavy (non-hydrogen) atoms. The van der Waals surface area contributed by atoms with Crippen molar-refractivity contribution in [3.8, 4) is 0 Å². The van der Waals surface area contributed by atoms with Gasteiger partial charge >= 0.3 is 0 Å². The number of benzene rings is 1. The molecule has 0 saturated carbocycles. The third-order valence-electron chi connectivity index (χ3n) is 4.60. The summed E-state index contributed by atoms with van der Waals surface area (Å²) in [6.07, 6.45) is 0.610. The van der Waals surface area contributed by atoms with Gasteiger partial charge in [0.05, 0.1) is 11.9 Å². The van der Waals surface area contributed by atoms with Crippen molar-refractivity contribution in [1.29, 1.82) is 0 Å². The maximum Gasteiger partial charge on any atom is 0.278 e. The Bertz CT molecular complexity index is 738. The second-order valence-electron chi connectivity index (χ2n) is 8.55. The first-order valence-corrected chi connectivity index (χ1v) is 8.24. The van der Waals surface area contributed by atoms with Gasteiger partial charge in [-0.3, -0.25) is 9.59 Å². The summed E-state index contributed by atoms with van der Waals surface area (Å²) in [6.45, 7) is 12.6. The fourth-order valence-electron chi connectivity index (χ4n) is 3.14. The van der Waals surface area contributed by atoms with Crippen molar-refractivity contribution in [2.24, 2.45) is 11.1 Å². The fraction of sp³-hybridized carbons (Fsp3) is 0.526. The molecule has 2 amide bonds.